The van der Waals surface area contributed by atoms with Gasteiger partial charge in [-0.3, -0.25) is 0 Å². The minimum Gasteiger partial charge on any atom is -0.444 e. The lowest BCUT2D eigenvalue weighted by Crippen LogP contribution is -2.50. The summed E-state index contributed by atoms with van der Waals surface area (Å²) in [5.41, 5.74) is -0.642. The summed E-state index contributed by atoms with van der Waals surface area (Å²) in [7, 11) is -3.36. The summed E-state index contributed by atoms with van der Waals surface area (Å²) in [6.45, 7) is 8.65. The van der Waals surface area contributed by atoms with E-state index >= 15 is 0 Å². The number of hydrogen-bond acceptors (Lipinski definition) is 5. The van der Waals surface area contributed by atoms with E-state index in [1.165, 1.54) is 0 Å². The number of amides is 1. The lowest BCUT2D eigenvalue weighted by Gasteiger charge is -2.31. The van der Waals surface area contributed by atoms with E-state index in [9.17, 15) is 13.2 Å². The molecule has 2 N–H and O–H groups in total. The van der Waals surface area contributed by atoms with Crippen LogP contribution in [0.5, 0.6) is 0 Å². The molecule has 0 spiro atoms. The molecule has 0 aromatic rings. The molecule has 124 valence electrons. The van der Waals surface area contributed by atoms with Crippen LogP contribution in [-0.2, 0) is 14.6 Å². The average Bonchev–Trinajstić information content (AvgIpc) is 2.34. The minimum atomic E-state index is -3.36. The Morgan fingerprint density at radius 1 is 1.33 bits per heavy atom. The number of hydrogen-bond donors (Lipinski definition) is 2. The van der Waals surface area contributed by atoms with Crippen LogP contribution in [0, 0.1) is 5.92 Å². The average molecular weight is 320 g/mol. The molecule has 0 bridgehead atoms. The maximum atomic E-state index is 12.4. The van der Waals surface area contributed by atoms with Crippen molar-refractivity contribution in [3.05, 3.63) is 0 Å². The van der Waals surface area contributed by atoms with Crippen LogP contribution in [0.15, 0.2) is 0 Å². The molecule has 6 nitrogen and oxygen atoms in total. The summed E-state index contributed by atoms with van der Waals surface area (Å²) in [5, 5.41) is 4.94. The van der Waals surface area contributed by atoms with E-state index in [0.29, 0.717) is 6.42 Å². The zero-order valence-corrected chi connectivity index (χ0v) is 14.3. The molecule has 0 aliphatic carbocycles. The second-order valence-electron chi connectivity index (χ2n) is 6.52. The zero-order chi connectivity index (χ0) is 16.1. The third-order valence-electron chi connectivity index (χ3n) is 3.35. The van der Waals surface area contributed by atoms with Crippen LogP contribution >= 0.6 is 0 Å². The molecule has 0 aromatic heterocycles. The maximum Gasteiger partial charge on any atom is 0.408 e. The normalized spacial score (nSPS) is 19.0. The van der Waals surface area contributed by atoms with E-state index in [-0.39, 0.29) is 11.7 Å². The Morgan fingerprint density at radius 3 is 2.38 bits per heavy atom. The SMILES string of the molecule is CCCS(=O)(=O)C(NC(=O)OC(C)(C)C)C1CCNCC1. The van der Waals surface area contributed by atoms with Crippen molar-refractivity contribution in [1.82, 2.24) is 10.6 Å². The van der Waals surface area contributed by atoms with Crippen molar-refractivity contribution in [3.63, 3.8) is 0 Å². The van der Waals surface area contributed by atoms with Gasteiger partial charge in [0, 0.05) is 0 Å². The Morgan fingerprint density at radius 2 is 1.90 bits per heavy atom. The fourth-order valence-corrected chi connectivity index (χ4v) is 4.44. The first kappa shape index (κ1) is 18.2. The zero-order valence-electron chi connectivity index (χ0n) is 13.4. The molecule has 1 atom stereocenters. The van der Waals surface area contributed by atoms with Crippen LogP contribution in [0.2, 0.25) is 0 Å². The van der Waals surface area contributed by atoms with Gasteiger partial charge in [-0.05, 0) is 59.0 Å². The highest BCUT2D eigenvalue weighted by molar-refractivity contribution is 7.92. The molecule has 1 unspecified atom stereocenters. The summed E-state index contributed by atoms with van der Waals surface area (Å²) < 4.78 is 30.1. The van der Waals surface area contributed by atoms with E-state index in [1.807, 2.05) is 6.92 Å². The summed E-state index contributed by atoms with van der Waals surface area (Å²) in [6.07, 6.45) is 1.36. The Labute approximate surface area is 127 Å². The largest absolute Gasteiger partial charge is 0.444 e. The van der Waals surface area contributed by atoms with Gasteiger partial charge in [0.15, 0.2) is 9.84 Å². The predicted octanol–water partition coefficient (Wildman–Crippen LogP) is 1.66. The third-order valence-corrected chi connectivity index (χ3v) is 5.60. The van der Waals surface area contributed by atoms with E-state index in [0.717, 1.165) is 25.9 Å². The van der Waals surface area contributed by atoms with E-state index in [4.69, 9.17) is 4.74 Å². The number of carbonyl (C=O) groups is 1. The van der Waals surface area contributed by atoms with Crippen molar-refractivity contribution in [2.45, 2.75) is 57.9 Å². The predicted molar refractivity (Wildman–Crippen MR) is 82.8 cm³/mol. The van der Waals surface area contributed by atoms with Crippen LogP contribution in [0.4, 0.5) is 4.79 Å². The van der Waals surface area contributed by atoms with Gasteiger partial charge in [-0.25, -0.2) is 13.2 Å². The van der Waals surface area contributed by atoms with Gasteiger partial charge in [-0.15, -0.1) is 0 Å². The molecule has 1 heterocycles. The van der Waals surface area contributed by atoms with Gasteiger partial charge >= 0.3 is 6.09 Å². The highest BCUT2D eigenvalue weighted by atomic mass is 32.2. The smallest absolute Gasteiger partial charge is 0.408 e. The van der Waals surface area contributed by atoms with Gasteiger partial charge < -0.3 is 15.4 Å². The van der Waals surface area contributed by atoms with E-state index in [1.54, 1.807) is 20.8 Å². The maximum absolute atomic E-state index is 12.4. The Kier molecular flexibility index (Phi) is 6.46. The number of alkyl carbamates (subject to hydrolysis) is 1. The fraction of sp³-hybridized carbons (Fsp3) is 0.929. The molecule has 1 amide bonds. The summed E-state index contributed by atoms with van der Waals surface area (Å²) in [4.78, 5) is 11.9. The standard InChI is InChI=1S/C14H28N2O4S/c1-5-10-21(18,19)12(11-6-8-15-9-7-11)16-13(17)20-14(2,3)4/h11-12,15H,5-10H2,1-4H3,(H,16,17). The molecule has 21 heavy (non-hydrogen) atoms. The van der Waals surface area contributed by atoms with Crippen LogP contribution < -0.4 is 10.6 Å². The van der Waals surface area contributed by atoms with Crippen LogP contribution in [0.3, 0.4) is 0 Å². The van der Waals surface area contributed by atoms with Crippen LogP contribution in [-0.4, -0.2) is 44.3 Å². The molecule has 0 aromatic carbocycles. The number of sulfone groups is 1. The molecular formula is C14H28N2O4S. The highest BCUT2D eigenvalue weighted by Crippen LogP contribution is 2.22. The summed E-state index contributed by atoms with van der Waals surface area (Å²) in [5.74, 6) is 0.0209. The highest BCUT2D eigenvalue weighted by Gasteiger charge is 2.35. The summed E-state index contributed by atoms with van der Waals surface area (Å²) >= 11 is 0. The van der Waals surface area contributed by atoms with Gasteiger partial charge in [0.2, 0.25) is 0 Å². The Balaban J connectivity index is 2.84. The first-order valence-electron chi connectivity index (χ1n) is 7.57. The van der Waals surface area contributed by atoms with Crippen molar-refractivity contribution in [2.75, 3.05) is 18.8 Å². The Hall–Kier alpha value is -0.820. The second kappa shape index (κ2) is 7.45. The van der Waals surface area contributed by atoms with Gasteiger partial charge in [-0.1, -0.05) is 6.92 Å². The molecule has 0 saturated carbocycles. The molecule has 1 saturated heterocycles. The summed E-state index contributed by atoms with van der Waals surface area (Å²) in [6, 6.07) is 0. The van der Waals surface area contributed by atoms with Crippen molar-refractivity contribution in [1.29, 1.82) is 0 Å². The number of piperidine rings is 1. The molecule has 1 aliphatic heterocycles. The van der Waals surface area contributed by atoms with Crippen molar-refractivity contribution in [2.24, 2.45) is 5.92 Å². The van der Waals surface area contributed by atoms with Crippen molar-refractivity contribution >= 4 is 15.9 Å². The molecule has 0 radical (unpaired) electrons. The lowest BCUT2D eigenvalue weighted by atomic mass is 9.98. The third kappa shape index (κ3) is 6.22. The fourth-order valence-electron chi connectivity index (χ4n) is 2.48. The number of carbonyl (C=O) groups excluding carboxylic acids is 1. The Bertz CT molecular complexity index is 436. The molecule has 1 aliphatic rings. The number of ether oxygens (including phenoxy) is 1. The first-order chi connectivity index (χ1) is 9.65. The van der Waals surface area contributed by atoms with Crippen molar-refractivity contribution in [3.8, 4) is 0 Å². The van der Waals surface area contributed by atoms with Crippen LogP contribution in [0.25, 0.3) is 0 Å². The van der Waals surface area contributed by atoms with Gasteiger partial charge in [0.1, 0.15) is 11.0 Å². The van der Waals surface area contributed by atoms with Crippen molar-refractivity contribution < 1.29 is 17.9 Å². The second-order valence-corrected chi connectivity index (χ2v) is 8.76. The molecule has 1 fully saturated rings. The number of nitrogens with one attached hydrogen (secondary N) is 2. The van der Waals surface area contributed by atoms with Gasteiger partial charge in [0.25, 0.3) is 0 Å². The first-order valence-corrected chi connectivity index (χ1v) is 9.29. The van der Waals surface area contributed by atoms with E-state index in [2.05, 4.69) is 10.6 Å². The quantitative estimate of drug-likeness (QED) is 0.805. The number of rotatable bonds is 5. The monoisotopic (exact) mass is 320 g/mol. The molecule has 7 heteroatoms. The topological polar surface area (TPSA) is 84.5 Å². The van der Waals surface area contributed by atoms with Gasteiger partial charge in [0.05, 0.1) is 5.75 Å². The molecular weight excluding hydrogens is 292 g/mol. The van der Waals surface area contributed by atoms with E-state index < -0.39 is 26.9 Å². The minimum absolute atomic E-state index is 0.0599. The van der Waals surface area contributed by atoms with Gasteiger partial charge in [-0.2, -0.15) is 0 Å². The van der Waals surface area contributed by atoms with Crippen LogP contribution in [0.1, 0.15) is 47.0 Å². The lowest BCUT2D eigenvalue weighted by molar-refractivity contribution is 0.0503. The molecule has 1 rings (SSSR count).